The normalized spacial score (nSPS) is 20.1. The minimum Gasteiger partial charge on any atom is -0.390 e. The number of hydrogen-bond donors (Lipinski definition) is 1. The van der Waals surface area contributed by atoms with Crippen LogP contribution in [0.5, 0.6) is 0 Å². The molecule has 1 rings (SSSR count). The van der Waals surface area contributed by atoms with Crippen LogP contribution in [0.15, 0.2) is 5.11 Å². The topological polar surface area (TPSA) is 106 Å². The molecule has 212 valence electrons. The summed E-state index contributed by atoms with van der Waals surface area (Å²) in [5.41, 5.74) is 8.67. The van der Waals surface area contributed by atoms with E-state index in [1.165, 1.54) is 64.2 Å². The molecule has 0 saturated carbocycles. The zero-order valence-electron chi connectivity index (χ0n) is 24.0. The first kappa shape index (κ1) is 33.1. The van der Waals surface area contributed by atoms with Gasteiger partial charge in [-0.05, 0) is 46.6 Å². The second kappa shape index (κ2) is 18.4. The molecule has 36 heavy (non-hydrogen) atoms. The lowest BCUT2D eigenvalue weighted by molar-refractivity contribution is -0.149. The van der Waals surface area contributed by atoms with Crippen LogP contribution < -0.4 is 0 Å². The Hall–Kier alpha value is -0.890. The molecule has 1 saturated heterocycles. The molecular formula is C28H55N3O5. The first-order valence-electron chi connectivity index (χ1n) is 14.4. The third-order valence-corrected chi connectivity index (χ3v) is 6.46. The van der Waals surface area contributed by atoms with Gasteiger partial charge in [-0.3, -0.25) is 0 Å². The maximum absolute atomic E-state index is 11.0. The Morgan fingerprint density at radius 2 is 1.56 bits per heavy atom. The van der Waals surface area contributed by atoms with Gasteiger partial charge >= 0.3 is 0 Å². The van der Waals surface area contributed by atoms with Crippen molar-refractivity contribution in [1.82, 2.24) is 0 Å². The Morgan fingerprint density at radius 3 is 2.03 bits per heavy atom. The van der Waals surface area contributed by atoms with Crippen molar-refractivity contribution in [2.24, 2.45) is 5.11 Å². The number of unbranched alkanes of at least 4 members (excludes halogenated alkanes) is 11. The fraction of sp³-hybridized carbons (Fsp3) is 1.00. The van der Waals surface area contributed by atoms with Crippen LogP contribution in [0.25, 0.3) is 10.4 Å². The van der Waals surface area contributed by atoms with Gasteiger partial charge in [-0.2, -0.15) is 0 Å². The Kier molecular flexibility index (Phi) is 16.9. The van der Waals surface area contributed by atoms with Crippen molar-refractivity contribution >= 4 is 0 Å². The molecule has 4 atom stereocenters. The van der Waals surface area contributed by atoms with E-state index >= 15 is 0 Å². The van der Waals surface area contributed by atoms with E-state index in [9.17, 15) is 5.11 Å². The zero-order valence-corrected chi connectivity index (χ0v) is 24.0. The smallest absolute Gasteiger partial charge is 0.163 e. The Bertz CT molecular complexity index is 604. The predicted octanol–water partition coefficient (Wildman–Crippen LogP) is 7.47. The maximum Gasteiger partial charge on any atom is 0.163 e. The van der Waals surface area contributed by atoms with Gasteiger partial charge < -0.3 is 24.1 Å². The number of ether oxygens (including phenoxy) is 4. The monoisotopic (exact) mass is 513 g/mol. The van der Waals surface area contributed by atoms with E-state index in [2.05, 4.69) is 16.9 Å². The predicted molar refractivity (Wildman–Crippen MR) is 145 cm³/mol. The molecule has 1 aliphatic heterocycles. The fourth-order valence-corrected chi connectivity index (χ4v) is 4.61. The van der Waals surface area contributed by atoms with E-state index in [1.54, 1.807) is 0 Å². The lowest BCUT2D eigenvalue weighted by Gasteiger charge is -2.34. The molecule has 0 radical (unpaired) electrons. The summed E-state index contributed by atoms with van der Waals surface area (Å²) in [6, 6.07) is -0.628. The van der Waals surface area contributed by atoms with Gasteiger partial charge in [0.25, 0.3) is 0 Å². The zero-order chi connectivity index (χ0) is 26.9. The lowest BCUT2D eigenvalue weighted by Crippen LogP contribution is -2.45. The Balaban J connectivity index is 2.39. The maximum atomic E-state index is 11.0. The van der Waals surface area contributed by atoms with Crippen molar-refractivity contribution in [3.05, 3.63) is 10.4 Å². The van der Waals surface area contributed by atoms with Crippen LogP contribution in [0.3, 0.4) is 0 Å². The Labute approximate surface area is 220 Å². The minimum absolute atomic E-state index is 0.153. The van der Waals surface area contributed by atoms with Crippen LogP contribution >= 0.6 is 0 Å². The van der Waals surface area contributed by atoms with Gasteiger partial charge in [0, 0.05) is 4.91 Å². The molecule has 8 heteroatoms. The van der Waals surface area contributed by atoms with Gasteiger partial charge in [0.15, 0.2) is 5.79 Å². The summed E-state index contributed by atoms with van der Waals surface area (Å²) in [4.78, 5) is 3.01. The lowest BCUT2D eigenvalue weighted by atomic mass is 9.98. The second-order valence-electron chi connectivity index (χ2n) is 11.7. The average Bonchev–Trinajstić information content (AvgIpc) is 3.15. The number of nitrogens with zero attached hydrogens (tertiary/aromatic N) is 3. The molecule has 1 aliphatic rings. The van der Waals surface area contributed by atoms with E-state index in [-0.39, 0.29) is 12.7 Å². The summed E-state index contributed by atoms with van der Waals surface area (Å²) in [6.07, 6.45) is 14.4. The molecule has 0 bridgehead atoms. The fourth-order valence-electron chi connectivity index (χ4n) is 4.61. The molecule has 1 fully saturated rings. The standard InChI is InChI=1S/C28H55N3O5/c1-7-8-9-10-11-12-13-14-15-16-17-18-19-25(32)26(36-27(2,3)4)24(30-31-29)22-33-20-23-21-34-28(5,6)35-23/h23-26,32H,7-22H2,1-6H3/t23-,24+,25+,26-/m0/s1. The quantitative estimate of drug-likeness (QED) is 0.0741. The third-order valence-electron chi connectivity index (χ3n) is 6.46. The highest BCUT2D eigenvalue weighted by atomic mass is 16.7. The summed E-state index contributed by atoms with van der Waals surface area (Å²) < 4.78 is 23.3. The highest BCUT2D eigenvalue weighted by molar-refractivity contribution is 4.86. The molecule has 1 N–H and O–H groups in total. The highest BCUT2D eigenvalue weighted by Crippen LogP contribution is 2.24. The summed E-state index contributed by atoms with van der Waals surface area (Å²) in [5, 5.41) is 14.9. The van der Waals surface area contributed by atoms with Gasteiger partial charge in [0.1, 0.15) is 6.10 Å². The SMILES string of the molecule is CCCCCCCCCCCCCC[C@@H](O)[C@@H](OC(C)(C)C)[C@@H](COC[C@H]1COC(C)(C)O1)N=[N+]=[N-]. The van der Waals surface area contributed by atoms with Crippen molar-refractivity contribution < 1.29 is 24.1 Å². The molecule has 0 amide bonds. The van der Waals surface area contributed by atoms with Crippen molar-refractivity contribution in [3.63, 3.8) is 0 Å². The van der Waals surface area contributed by atoms with E-state index in [1.807, 2.05) is 34.6 Å². The van der Waals surface area contributed by atoms with E-state index in [0.717, 1.165) is 12.8 Å². The average molecular weight is 514 g/mol. The number of rotatable bonds is 21. The van der Waals surface area contributed by atoms with Crippen molar-refractivity contribution in [1.29, 1.82) is 0 Å². The van der Waals surface area contributed by atoms with Gasteiger partial charge in [-0.15, -0.1) is 0 Å². The van der Waals surface area contributed by atoms with E-state index < -0.39 is 29.6 Å². The molecule has 0 unspecified atom stereocenters. The van der Waals surface area contributed by atoms with E-state index in [4.69, 9.17) is 24.5 Å². The van der Waals surface area contributed by atoms with Crippen molar-refractivity contribution in [3.8, 4) is 0 Å². The third kappa shape index (κ3) is 16.1. The molecule has 0 aliphatic carbocycles. The van der Waals surface area contributed by atoms with Crippen molar-refractivity contribution in [2.45, 2.75) is 161 Å². The second-order valence-corrected chi connectivity index (χ2v) is 11.7. The minimum atomic E-state index is -0.726. The van der Waals surface area contributed by atoms with E-state index in [0.29, 0.717) is 19.6 Å². The van der Waals surface area contributed by atoms with Crippen LogP contribution in [0.2, 0.25) is 0 Å². The van der Waals surface area contributed by atoms with Gasteiger partial charge in [0.05, 0.1) is 43.7 Å². The molecule has 1 heterocycles. The number of aliphatic hydroxyl groups excluding tert-OH is 1. The van der Waals surface area contributed by atoms with Crippen LogP contribution in [0, 0.1) is 0 Å². The van der Waals surface area contributed by atoms with Crippen LogP contribution in [0.1, 0.15) is 125 Å². The van der Waals surface area contributed by atoms with Gasteiger partial charge in [-0.1, -0.05) is 89.1 Å². The first-order valence-corrected chi connectivity index (χ1v) is 14.4. The molecule has 0 aromatic heterocycles. The van der Waals surface area contributed by atoms with Crippen molar-refractivity contribution in [2.75, 3.05) is 19.8 Å². The molecular weight excluding hydrogens is 458 g/mol. The summed E-state index contributed by atoms with van der Waals surface area (Å²) >= 11 is 0. The summed E-state index contributed by atoms with van der Waals surface area (Å²) in [7, 11) is 0. The van der Waals surface area contributed by atoms with Gasteiger partial charge in [0.2, 0.25) is 0 Å². The number of azide groups is 1. The largest absolute Gasteiger partial charge is 0.390 e. The summed E-state index contributed by atoms with van der Waals surface area (Å²) in [5.74, 6) is -0.611. The summed E-state index contributed by atoms with van der Waals surface area (Å²) in [6.45, 7) is 12.8. The molecule has 0 aromatic rings. The van der Waals surface area contributed by atoms with Crippen LogP contribution in [-0.2, 0) is 18.9 Å². The molecule has 8 nitrogen and oxygen atoms in total. The highest BCUT2D eigenvalue weighted by Gasteiger charge is 2.35. The van der Waals surface area contributed by atoms with Crippen LogP contribution in [-0.4, -0.2) is 60.7 Å². The van der Waals surface area contributed by atoms with Crippen LogP contribution in [0.4, 0.5) is 0 Å². The number of aliphatic hydroxyl groups is 1. The Morgan fingerprint density at radius 1 is 1.00 bits per heavy atom. The van der Waals surface area contributed by atoms with Gasteiger partial charge in [-0.25, -0.2) is 0 Å². The molecule has 0 aromatic carbocycles. The number of hydrogen-bond acceptors (Lipinski definition) is 6. The molecule has 0 spiro atoms. The first-order chi connectivity index (χ1) is 17.1.